The van der Waals surface area contributed by atoms with Crippen LogP contribution in [0.1, 0.15) is 34.6 Å². The van der Waals surface area contributed by atoms with Crippen LogP contribution in [0.3, 0.4) is 0 Å². The van der Waals surface area contributed by atoms with E-state index in [1.165, 1.54) is 25.2 Å². The zero-order chi connectivity index (χ0) is 24.1. The number of nitrogens with zero attached hydrogens (tertiary/aromatic N) is 4. The Balaban J connectivity index is 1.36. The van der Waals surface area contributed by atoms with Gasteiger partial charge in [0.25, 0.3) is 5.91 Å². The molecule has 3 amide bonds. The molecular weight excluding hydrogens is 467 g/mol. The SMILES string of the molecule is CN1OC(C(N)C(=O)C2CC2)Cn2nc3c(c2C1=O)CN(C(=O)Nc1ccc(F)c(Cl)c1)CC3. The molecule has 3 N–H and O–H groups in total. The summed E-state index contributed by atoms with van der Waals surface area (Å²) < 4.78 is 15.0. The Morgan fingerprint density at radius 2 is 2.12 bits per heavy atom. The number of nitrogens with two attached hydrogens (primary N) is 1. The van der Waals surface area contributed by atoms with Crippen LogP contribution in [0, 0.1) is 11.7 Å². The van der Waals surface area contributed by atoms with Crippen LogP contribution in [-0.4, -0.2) is 63.2 Å². The minimum absolute atomic E-state index is 0.0313. The molecule has 2 aliphatic heterocycles. The minimum Gasteiger partial charge on any atom is -0.320 e. The van der Waals surface area contributed by atoms with Crippen molar-refractivity contribution in [2.45, 2.75) is 44.5 Å². The third-order valence-electron chi connectivity index (χ3n) is 6.40. The first-order valence-corrected chi connectivity index (χ1v) is 11.4. The fraction of sp³-hybridized carbons (Fsp3) is 0.455. The van der Waals surface area contributed by atoms with Gasteiger partial charge in [-0.1, -0.05) is 11.6 Å². The maximum absolute atomic E-state index is 13.4. The highest BCUT2D eigenvalue weighted by atomic mass is 35.5. The summed E-state index contributed by atoms with van der Waals surface area (Å²) in [6.07, 6.45) is 1.38. The zero-order valence-electron chi connectivity index (χ0n) is 18.5. The molecule has 2 unspecified atom stereocenters. The first kappa shape index (κ1) is 22.8. The molecule has 0 saturated heterocycles. The van der Waals surface area contributed by atoms with E-state index in [1.807, 2.05) is 0 Å². The maximum atomic E-state index is 13.4. The molecule has 1 aromatic carbocycles. The van der Waals surface area contributed by atoms with Crippen LogP contribution in [0.2, 0.25) is 5.02 Å². The van der Waals surface area contributed by atoms with E-state index < -0.39 is 29.9 Å². The fourth-order valence-electron chi connectivity index (χ4n) is 4.35. The molecule has 2 atom stereocenters. The smallest absolute Gasteiger partial charge is 0.320 e. The average molecular weight is 491 g/mol. The third kappa shape index (κ3) is 4.15. The number of benzene rings is 1. The Morgan fingerprint density at radius 3 is 2.82 bits per heavy atom. The number of Topliss-reactive ketones (excluding diaryl/α,β-unsaturated/α-hetero) is 1. The quantitative estimate of drug-likeness (QED) is 0.675. The number of hydrogen-bond donors (Lipinski definition) is 2. The number of nitrogens with one attached hydrogen (secondary N) is 1. The van der Waals surface area contributed by atoms with Crippen molar-refractivity contribution in [3.63, 3.8) is 0 Å². The van der Waals surface area contributed by atoms with E-state index in [4.69, 9.17) is 22.2 Å². The molecule has 0 bridgehead atoms. The number of halogens is 2. The molecule has 5 rings (SSSR count). The summed E-state index contributed by atoms with van der Waals surface area (Å²) in [7, 11) is 1.48. The molecule has 12 heteroatoms. The number of ketones is 1. The standard InChI is InChI=1S/C22H24ClFN6O4/c1-28-21(32)19-13-9-29(22(33)26-12-4-5-15(24)14(23)8-12)7-6-16(13)27-30(19)10-17(34-28)18(25)20(31)11-2-3-11/h4-5,8,11,17-18H,2-3,6-7,9-10,25H2,1H3,(H,26,33). The lowest BCUT2D eigenvalue weighted by Gasteiger charge is -2.27. The van der Waals surface area contributed by atoms with Gasteiger partial charge in [-0.05, 0) is 31.0 Å². The van der Waals surface area contributed by atoms with Gasteiger partial charge in [0.2, 0.25) is 0 Å². The van der Waals surface area contributed by atoms with Gasteiger partial charge in [0.1, 0.15) is 17.6 Å². The molecule has 1 aromatic heterocycles. The lowest BCUT2D eigenvalue weighted by atomic mass is 10.0. The number of fused-ring (bicyclic) bond motifs is 3. The van der Waals surface area contributed by atoms with Gasteiger partial charge >= 0.3 is 6.03 Å². The topological polar surface area (TPSA) is 123 Å². The van der Waals surface area contributed by atoms with Crippen LogP contribution in [0.15, 0.2) is 18.2 Å². The lowest BCUT2D eigenvalue weighted by molar-refractivity contribution is -0.161. The van der Waals surface area contributed by atoms with Crippen LogP contribution in [-0.2, 0) is 29.1 Å². The van der Waals surface area contributed by atoms with Gasteiger partial charge in [-0.2, -0.15) is 5.10 Å². The molecule has 0 radical (unpaired) electrons. The van der Waals surface area contributed by atoms with Gasteiger partial charge in [-0.15, -0.1) is 0 Å². The Morgan fingerprint density at radius 1 is 1.35 bits per heavy atom. The van der Waals surface area contributed by atoms with E-state index >= 15 is 0 Å². The van der Waals surface area contributed by atoms with Crippen LogP contribution < -0.4 is 11.1 Å². The maximum Gasteiger partial charge on any atom is 0.322 e. The Bertz CT molecular complexity index is 1180. The average Bonchev–Trinajstić information content (AvgIpc) is 3.61. The highest BCUT2D eigenvalue weighted by Gasteiger charge is 2.41. The number of aromatic nitrogens is 2. The molecule has 1 fully saturated rings. The van der Waals surface area contributed by atoms with Gasteiger partial charge in [0.15, 0.2) is 5.78 Å². The van der Waals surface area contributed by atoms with Gasteiger partial charge < -0.3 is 16.0 Å². The van der Waals surface area contributed by atoms with Crippen molar-refractivity contribution in [1.82, 2.24) is 19.7 Å². The highest BCUT2D eigenvalue weighted by molar-refractivity contribution is 6.31. The van der Waals surface area contributed by atoms with E-state index in [0.29, 0.717) is 35.6 Å². The van der Waals surface area contributed by atoms with E-state index in [2.05, 4.69) is 10.4 Å². The predicted octanol–water partition coefficient (Wildman–Crippen LogP) is 1.96. The van der Waals surface area contributed by atoms with Gasteiger partial charge in [0.05, 0.1) is 29.8 Å². The number of carbonyl (C=O) groups excluding carboxylic acids is 3. The number of hydrogen-bond acceptors (Lipinski definition) is 6. The number of amides is 3. The lowest BCUT2D eigenvalue weighted by Crippen LogP contribution is -2.48. The minimum atomic E-state index is -0.861. The summed E-state index contributed by atoms with van der Waals surface area (Å²) in [4.78, 5) is 45.8. The van der Waals surface area contributed by atoms with Crippen LogP contribution in [0.4, 0.5) is 14.9 Å². The first-order valence-electron chi connectivity index (χ1n) is 11.1. The van der Waals surface area contributed by atoms with Crippen LogP contribution in [0.5, 0.6) is 0 Å². The summed E-state index contributed by atoms with van der Waals surface area (Å²) in [5, 5.41) is 8.29. The Kier molecular flexibility index (Phi) is 5.78. The summed E-state index contributed by atoms with van der Waals surface area (Å²) >= 11 is 5.80. The van der Waals surface area contributed by atoms with E-state index in [-0.39, 0.29) is 29.8 Å². The Labute approximate surface area is 199 Å². The summed E-state index contributed by atoms with van der Waals surface area (Å²) in [6.45, 7) is 0.689. The number of urea groups is 1. The first-order chi connectivity index (χ1) is 16.2. The fourth-order valence-corrected chi connectivity index (χ4v) is 4.53. The molecule has 180 valence electrons. The van der Waals surface area contributed by atoms with Crippen molar-refractivity contribution in [2.75, 3.05) is 18.9 Å². The molecule has 1 saturated carbocycles. The normalized spacial score (nSPS) is 20.9. The van der Waals surface area contributed by atoms with Crippen molar-refractivity contribution in [3.8, 4) is 0 Å². The molecule has 3 heterocycles. The second-order valence-electron chi connectivity index (χ2n) is 8.84. The molecule has 34 heavy (non-hydrogen) atoms. The highest BCUT2D eigenvalue weighted by Crippen LogP contribution is 2.32. The largest absolute Gasteiger partial charge is 0.322 e. The molecular formula is C22H24ClFN6O4. The van der Waals surface area contributed by atoms with Crippen molar-refractivity contribution in [2.24, 2.45) is 11.7 Å². The molecule has 3 aliphatic rings. The summed E-state index contributed by atoms with van der Waals surface area (Å²) in [6, 6.07) is 2.66. The van der Waals surface area contributed by atoms with E-state index in [9.17, 15) is 18.8 Å². The van der Waals surface area contributed by atoms with Crippen molar-refractivity contribution < 1.29 is 23.6 Å². The van der Waals surface area contributed by atoms with Gasteiger partial charge in [-0.3, -0.25) is 19.1 Å². The molecule has 1 aliphatic carbocycles. The van der Waals surface area contributed by atoms with E-state index in [1.54, 1.807) is 9.58 Å². The number of rotatable bonds is 4. The third-order valence-corrected chi connectivity index (χ3v) is 6.69. The predicted molar refractivity (Wildman–Crippen MR) is 119 cm³/mol. The van der Waals surface area contributed by atoms with Crippen molar-refractivity contribution >= 4 is 35.0 Å². The number of anilines is 1. The molecule has 10 nitrogen and oxygen atoms in total. The van der Waals surface area contributed by atoms with Gasteiger partial charge in [0, 0.05) is 37.2 Å². The number of carbonyl (C=O) groups is 3. The van der Waals surface area contributed by atoms with E-state index in [0.717, 1.165) is 17.9 Å². The summed E-state index contributed by atoms with van der Waals surface area (Å²) in [5.74, 6) is -1.09. The second-order valence-corrected chi connectivity index (χ2v) is 9.24. The summed E-state index contributed by atoms with van der Waals surface area (Å²) in [5.41, 5.74) is 8.21. The molecule has 2 aromatic rings. The zero-order valence-corrected chi connectivity index (χ0v) is 19.2. The second kappa shape index (κ2) is 8.64. The van der Waals surface area contributed by atoms with Crippen molar-refractivity contribution in [3.05, 3.63) is 46.0 Å². The van der Waals surface area contributed by atoms with Crippen LogP contribution >= 0.6 is 11.6 Å². The van der Waals surface area contributed by atoms with Crippen molar-refractivity contribution in [1.29, 1.82) is 0 Å². The van der Waals surface area contributed by atoms with Gasteiger partial charge in [-0.25, -0.2) is 14.2 Å². The molecule has 0 spiro atoms. The monoisotopic (exact) mass is 490 g/mol. The number of hydroxylamine groups is 2. The van der Waals surface area contributed by atoms with Crippen LogP contribution in [0.25, 0.3) is 0 Å². The Hall–Kier alpha value is -3.02.